The molecule has 0 aliphatic heterocycles. The highest BCUT2D eigenvalue weighted by atomic mass is 16.2. The molecule has 0 unspecified atom stereocenters. The van der Waals surface area contributed by atoms with E-state index in [0.29, 0.717) is 0 Å². The van der Waals surface area contributed by atoms with Crippen molar-refractivity contribution in [2.24, 2.45) is 0 Å². The summed E-state index contributed by atoms with van der Waals surface area (Å²) in [6.45, 7) is 1.21. The number of benzene rings is 2. The van der Waals surface area contributed by atoms with Gasteiger partial charge in [-0.25, -0.2) is 0 Å². The first-order chi connectivity index (χ1) is 10.1. The number of anilines is 1. The minimum atomic E-state index is -0.724. The Kier molecular flexibility index (Phi) is 4.32. The van der Waals surface area contributed by atoms with E-state index < -0.39 is 11.8 Å². The minimum absolute atomic E-state index is 0.168. The van der Waals surface area contributed by atoms with Gasteiger partial charge in [-0.1, -0.05) is 30.3 Å². The van der Waals surface area contributed by atoms with Crippen LogP contribution in [0.15, 0.2) is 54.2 Å². The van der Waals surface area contributed by atoms with Crippen molar-refractivity contribution in [3.63, 3.8) is 0 Å². The summed E-state index contributed by atoms with van der Waals surface area (Å²) in [6.07, 6.45) is 1.28. The molecule has 2 amide bonds. The molecule has 0 radical (unpaired) electrons. The molecule has 0 saturated carbocycles. The Balaban J connectivity index is 2.18. The number of nitriles is 1. The van der Waals surface area contributed by atoms with Crippen LogP contribution >= 0.6 is 0 Å². The zero-order chi connectivity index (χ0) is 15.2. The molecule has 104 valence electrons. The van der Waals surface area contributed by atoms with E-state index >= 15 is 0 Å². The molecule has 5 heteroatoms. The summed E-state index contributed by atoms with van der Waals surface area (Å²) < 4.78 is 0. The van der Waals surface area contributed by atoms with Crippen LogP contribution in [0.1, 0.15) is 6.92 Å². The zero-order valence-corrected chi connectivity index (χ0v) is 11.4. The van der Waals surface area contributed by atoms with Gasteiger partial charge < -0.3 is 5.32 Å². The Labute approximate surface area is 121 Å². The lowest BCUT2D eigenvalue weighted by Crippen LogP contribution is -2.29. The van der Waals surface area contributed by atoms with Crippen LogP contribution in [0.25, 0.3) is 10.8 Å². The van der Waals surface area contributed by atoms with Crippen molar-refractivity contribution in [1.29, 1.82) is 5.26 Å². The van der Waals surface area contributed by atoms with Gasteiger partial charge in [0.2, 0.25) is 5.91 Å². The summed E-state index contributed by atoms with van der Waals surface area (Å²) in [6, 6.07) is 15.3. The molecule has 0 saturated heterocycles. The second-order valence-corrected chi connectivity index (χ2v) is 4.39. The molecule has 0 heterocycles. The van der Waals surface area contributed by atoms with Crippen molar-refractivity contribution in [2.45, 2.75) is 6.92 Å². The minimum Gasteiger partial charge on any atom is -0.360 e. The molecule has 0 bridgehead atoms. The second-order valence-electron chi connectivity index (χ2n) is 4.39. The fourth-order valence-corrected chi connectivity index (χ4v) is 1.81. The third-order valence-electron chi connectivity index (χ3n) is 2.79. The van der Waals surface area contributed by atoms with Crippen LogP contribution < -0.4 is 10.6 Å². The number of carbonyl (C=O) groups is 2. The molecule has 0 aromatic heterocycles. The molecule has 2 N–H and O–H groups in total. The Morgan fingerprint density at radius 3 is 2.52 bits per heavy atom. The van der Waals surface area contributed by atoms with Gasteiger partial charge in [0.05, 0.1) is 0 Å². The van der Waals surface area contributed by atoms with Crippen molar-refractivity contribution >= 4 is 28.3 Å². The van der Waals surface area contributed by atoms with Gasteiger partial charge in [0.1, 0.15) is 11.6 Å². The number of hydrogen-bond acceptors (Lipinski definition) is 4. The van der Waals surface area contributed by atoms with E-state index in [1.54, 1.807) is 6.07 Å². The lowest BCUT2D eigenvalue weighted by Gasteiger charge is -2.04. The highest BCUT2D eigenvalue weighted by Crippen LogP contribution is 2.18. The molecule has 2 aromatic carbocycles. The molecular weight excluding hydrogens is 266 g/mol. The topological polar surface area (TPSA) is 82.0 Å². The zero-order valence-electron chi connectivity index (χ0n) is 11.4. The summed E-state index contributed by atoms with van der Waals surface area (Å²) in [5, 5.41) is 16.0. The number of amides is 2. The number of imide groups is 1. The molecule has 0 atom stereocenters. The average Bonchev–Trinajstić information content (AvgIpc) is 2.47. The predicted octanol–water partition coefficient (Wildman–Crippen LogP) is 2.32. The lowest BCUT2D eigenvalue weighted by molar-refractivity contribution is -0.126. The molecular formula is C16H13N3O2. The third kappa shape index (κ3) is 3.67. The fourth-order valence-electron chi connectivity index (χ4n) is 1.81. The van der Waals surface area contributed by atoms with Crippen LogP contribution in [-0.2, 0) is 9.59 Å². The molecule has 5 nitrogen and oxygen atoms in total. The number of nitrogens with zero attached hydrogens (tertiary/aromatic N) is 1. The van der Waals surface area contributed by atoms with Crippen molar-refractivity contribution in [2.75, 3.05) is 5.32 Å². The van der Waals surface area contributed by atoms with Crippen LogP contribution in [0.5, 0.6) is 0 Å². The summed E-state index contributed by atoms with van der Waals surface area (Å²) in [7, 11) is 0. The smallest absolute Gasteiger partial charge is 0.269 e. The standard InChI is InChI=1S/C16H13N3O2/c1-11(20)19-16(21)14(9-17)10-18-15-7-6-12-4-2-3-5-13(12)8-15/h2-8,10,18H,1H3,(H,19,20,21). The molecule has 2 aromatic rings. The number of nitrogens with one attached hydrogen (secondary N) is 2. The average molecular weight is 279 g/mol. The molecule has 0 fully saturated rings. The van der Waals surface area contributed by atoms with Crippen LogP contribution in [0.2, 0.25) is 0 Å². The van der Waals surface area contributed by atoms with Crippen LogP contribution in [0, 0.1) is 11.3 Å². The first kappa shape index (κ1) is 14.3. The van der Waals surface area contributed by atoms with E-state index in [1.165, 1.54) is 13.1 Å². The Bertz CT molecular complexity index is 772. The van der Waals surface area contributed by atoms with Gasteiger partial charge in [0.15, 0.2) is 0 Å². The fraction of sp³-hybridized carbons (Fsp3) is 0.0625. The lowest BCUT2D eigenvalue weighted by atomic mass is 10.1. The summed E-state index contributed by atoms with van der Waals surface area (Å²) in [4.78, 5) is 22.4. The van der Waals surface area contributed by atoms with E-state index in [9.17, 15) is 9.59 Å². The highest BCUT2D eigenvalue weighted by Gasteiger charge is 2.09. The summed E-state index contributed by atoms with van der Waals surface area (Å²) in [5.74, 6) is -1.23. The molecule has 0 aliphatic carbocycles. The number of carbonyl (C=O) groups excluding carboxylic acids is 2. The molecule has 0 aliphatic rings. The maximum Gasteiger partial charge on any atom is 0.269 e. The Hall–Kier alpha value is -3.13. The van der Waals surface area contributed by atoms with Gasteiger partial charge in [0, 0.05) is 18.8 Å². The van der Waals surface area contributed by atoms with Gasteiger partial charge in [-0.15, -0.1) is 0 Å². The summed E-state index contributed by atoms with van der Waals surface area (Å²) >= 11 is 0. The van der Waals surface area contributed by atoms with Crippen molar-refractivity contribution in [3.8, 4) is 6.07 Å². The number of fused-ring (bicyclic) bond motifs is 1. The third-order valence-corrected chi connectivity index (χ3v) is 2.79. The van der Waals surface area contributed by atoms with E-state index in [-0.39, 0.29) is 5.57 Å². The maximum absolute atomic E-state index is 11.6. The van der Waals surface area contributed by atoms with Crippen LogP contribution in [0.3, 0.4) is 0 Å². The Morgan fingerprint density at radius 2 is 1.86 bits per heavy atom. The monoisotopic (exact) mass is 279 g/mol. The van der Waals surface area contributed by atoms with Crippen molar-refractivity contribution in [1.82, 2.24) is 5.32 Å². The van der Waals surface area contributed by atoms with E-state index in [0.717, 1.165) is 16.5 Å². The van der Waals surface area contributed by atoms with Crippen LogP contribution in [0.4, 0.5) is 5.69 Å². The van der Waals surface area contributed by atoms with Gasteiger partial charge in [-0.3, -0.25) is 14.9 Å². The number of rotatable bonds is 3. The molecule has 21 heavy (non-hydrogen) atoms. The van der Waals surface area contributed by atoms with Crippen molar-refractivity contribution < 1.29 is 9.59 Å². The normalized spacial score (nSPS) is 10.8. The van der Waals surface area contributed by atoms with Gasteiger partial charge in [-0.05, 0) is 22.9 Å². The molecule has 0 spiro atoms. The van der Waals surface area contributed by atoms with E-state index in [1.807, 2.05) is 42.5 Å². The molecule has 2 rings (SSSR count). The van der Waals surface area contributed by atoms with E-state index in [4.69, 9.17) is 5.26 Å². The highest BCUT2D eigenvalue weighted by molar-refractivity contribution is 6.06. The largest absolute Gasteiger partial charge is 0.360 e. The first-order valence-electron chi connectivity index (χ1n) is 6.27. The predicted molar refractivity (Wildman–Crippen MR) is 80.1 cm³/mol. The SMILES string of the molecule is CC(=O)NC(=O)C(C#N)=CNc1ccc2ccccc2c1. The van der Waals surface area contributed by atoms with Crippen LogP contribution in [-0.4, -0.2) is 11.8 Å². The van der Waals surface area contributed by atoms with Gasteiger partial charge in [-0.2, -0.15) is 5.26 Å². The Morgan fingerprint density at radius 1 is 1.14 bits per heavy atom. The van der Waals surface area contributed by atoms with Gasteiger partial charge in [0.25, 0.3) is 5.91 Å². The maximum atomic E-state index is 11.6. The van der Waals surface area contributed by atoms with Gasteiger partial charge >= 0.3 is 0 Å². The van der Waals surface area contributed by atoms with E-state index in [2.05, 4.69) is 10.6 Å². The number of hydrogen-bond donors (Lipinski definition) is 2. The van der Waals surface area contributed by atoms with Crippen molar-refractivity contribution in [3.05, 3.63) is 54.2 Å². The summed E-state index contributed by atoms with van der Waals surface area (Å²) in [5.41, 5.74) is 0.579. The first-order valence-corrected chi connectivity index (χ1v) is 6.27. The second kappa shape index (κ2) is 6.35. The quantitative estimate of drug-likeness (QED) is 0.667.